The molecule has 2 aromatic carbocycles. The highest BCUT2D eigenvalue weighted by Crippen LogP contribution is 2.32. The molecule has 0 aliphatic carbocycles. The van der Waals surface area contributed by atoms with Gasteiger partial charge in [-0.15, -0.1) is 5.10 Å². The second-order valence-corrected chi connectivity index (χ2v) is 6.71. The van der Waals surface area contributed by atoms with E-state index in [0.29, 0.717) is 18.8 Å². The highest BCUT2D eigenvalue weighted by atomic mass is 32.1. The number of aromatic nitrogens is 2. The molecule has 0 spiro atoms. The van der Waals surface area contributed by atoms with Crippen molar-refractivity contribution in [3.63, 3.8) is 0 Å². The van der Waals surface area contributed by atoms with E-state index < -0.39 is 6.10 Å². The molecule has 1 aliphatic rings. The number of nitrogens with one attached hydrogen (secondary N) is 1. The second-order valence-electron chi connectivity index (χ2n) is 6.10. The molecular formula is C19H19N3O4S. The number of aliphatic hydroxyl groups excluding tert-OH is 1. The lowest BCUT2D eigenvalue weighted by molar-refractivity contribution is 0.106. The molecule has 2 heterocycles. The molecule has 3 aromatic rings. The van der Waals surface area contributed by atoms with Crippen molar-refractivity contribution >= 4 is 11.5 Å². The van der Waals surface area contributed by atoms with Crippen LogP contribution in [0.2, 0.25) is 0 Å². The third kappa shape index (κ3) is 4.54. The van der Waals surface area contributed by atoms with Crippen LogP contribution >= 0.6 is 11.5 Å². The Hall–Kier alpha value is -2.68. The fraction of sp³-hybridized carbons (Fsp3) is 0.263. The molecule has 0 fully saturated rings. The van der Waals surface area contributed by atoms with Crippen LogP contribution in [0.3, 0.4) is 0 Å². The van der Waals surface area contributed by atoms with E-state index in [9.17, 15) is 5.11 Å². The van der Waals surface area contributed by atoms with Crippen LogP contribution in [0.25, 0.3) is 11.3 Å². The number of benzene rings is 2. The summed E-state index contributed by atoms with van der Waals surface area (Å²) in [5.41, 5.74) is 2.90. The van der Waals surface area contributed by atoms with Gasteiger partial charge in [0.15, 0.2) is 11.5 Å². The van der Waals surface area contributed by atoms with Crippen LogP contribution < -0.4 is 19.5 Å². The van der Waals surface area contributed by atoms with E-state index in [2.05, 4.69) is 14.9 Å². The number of aliphatic hydroxyl groups is 1. The van der Waals surface area contributed by atoms with Gasteiger partial charge >= 0.3 is 0 Å². The average molecular weight is 385 g/mol. The highest BCUT2D eigenvalue weighted by molar-refractivity contribution is 7.03. The van der Waals surface area contributed by atoms with E-state index in [0.717, 1.165) is 28.3 Å². The van der Waals surface area contributed by atoms with Gasteiger partial charge in [0.2, 0.25) is 6.79 Å². The Kier molecular flexibility index (Phi) is 5.47. The molecule has 140 valence electrons. The van der Waals surface area contributed by atoms with Crippen LogP contribution in [0.15, 0.2) is 47.8 Å². The van der Waals surface area contributed by atoms with Crippen molar-refractivity contribution in [1.29, 1.82) is 0 Å². The van der Waals surface area contributed by atoms with E-state index in [1.807, 2.05) is 47.8 Å². The van der Waals surface area contributed by atoms with Gasteiger partial charge in [0.25, 0.3) is 0 Å². The van der Waals surface area contributed by atoms with Gasteiger partial charge in [-0.05, 0) is 53.5 Å². The van der Waals surface area contributed by atoms with E-state index in [1.165, 1.54) is 11.5 Å². The Morgan fingerprint density at radius 3 is 2.81 bits per heavy atom. The van der Waals surface area contributed by atoms with Crippen LogP contribution in [0.5, 0.6) is 17.2 Å². The van der Waals surface area contributed by atoms with Crippen LogP contribution in [0, 0.1) is 0 Å². The number of nitrogens with zero attached hydrogens (tertiary/aromatic N) is 2. The van der Waals surface area contributed by atoms with Crippen molar-refractivity contribution in [2.24, 2.45) is 0 Å². The summed E-state index contributed by atoms with van der Waals surface area (Å²) >= 11 is 1.32. The lowest BCUT2D eigenvalue weighted by Gasteiger charge is -2.13. The molecule has 8 heteroatoms. The van der Waals surface area contributed by atoms with Crippen LogP contribution in [0.4, 0.5) is 0 Å². The maximum atomic E-state index is 10.1. The Morgan fingerprint density at radius 1 is 1.15 bits per heavy atom. The minimum atomic E-state index is -0.610. The third-order valence-corrected chi connectivity index (χ3v) is 4.60. The van der Waals surface area contributed by atoms with Crippen molar-refractivity contribution in [3.8, 4) is 28.5 Å². The largest absolute Gasteiger partial charge is 0.491 e. The minimum Gasteiger partial charge on any atom is -0.491 e. The van der Waals surface area contributed by atoms with Gasteiger partial charge in [-0.1, -0.05) is 10.6 Å². The predicted octanol–water partition coefficient (Wildman–Crippen LogP) is 2.46. The molecule has 0 radical (unpaired) electrons. The van der Waals surface area contributed by atoms with E-state index in [1.54, 1.807) is 0 Å². The molecule has 1 aliphatic heterocycles. The van der Waals surface area contributed by atoms with E-state index in [-0.39, 0.29) is 13.4 Å². The fourth-order valence-corrected chi connectivity index (χ4v) is 3.16. The normalized spacial score (nSPS) is 13.5. The zero-order valence-corrected chi connectivity index (χ0v) is 15.3. The minimum absolute atomic E-state index is 0.214. The molecule has 0 bridgehead atoms. The first-order valence-corrected chi connectivity index (χ1v) is 9.39. The first kappa shape index (κ1) is 17.7. The zero-order valence-electron chi connectivity index (χ0n) is 14.5. The van der Waals surface area contributed by atoms with Crippen molar-refractivity contribution in [3.05, 3.63) is 53.4 Å². The first-order chi connectivity index (χ1) is 13.3. The molecular weight excluding hydrogens is 366 g/mol. The number of hydrogen-bond acceptors (Lipinski definition) is 8. The zero-order chi connectivity index (χ0) is 18.5. The lowest BCUT2D eigenvalue weighted by Crippen LogP contribution is -2.31. The maximum absolute atomic E-state index is 10.1. The average Bonchev–Trinajstić information content (AvgIpc) is 3.38. The Bertz CT molecular complexity index is 871. The standard InChI is InChI=1S/C19H19N3O4S/c23-15(9-20-8-13-1-6-18-19(7-13)26-12-25-18)10-24-16-4-2-14(3-5-16)17-11-27-22-21-17/h1-7,11,15,20,23H,8-10,12H2/t15-/m1/s1. The second kappa shape index (κ2) is 8.34. The molecule has 0 unspecified atom stereocenters. The van der Waals surface area contributed by atoms with Crippen molar-refractivity contribution < 1.29 is 19.3 Å². The Morgan fingerprint density at radius 2 is 2.00 bits per heavy atom. The van der Waals surface area contributed by atoms with Crippen LogP contribution in [0.1, 0.15) is 5.56 Å². The number of fused-ring (bicyclic) bond motifs is 1. The number of rotatable bonds is 8. The quantitative estimate of drug-likeness (QED) is 0.616. The monoisotopic (exact) mass is 385 g/mol. The topological polar surface area (TPSA) is 85.7 Å². The van der Waals surface area contributed by atoms with Crippen LogP contribution in [-0.4, -0.2) is 40.7 Å². The Labute approximate surface area is 160 Å². The molecule has 1 aromatic heterocycles. The van der Waals surface area contributed by atoms with Gasteiger partial charge in [-0.3, -0.25) is 0 Å². The van der Waals surface area contributed by atoms with Gasteiger partial charge in [-0.25, -0.2) is 0 Å². The van der Waals surface area contributed by atoms with E-state index in [4.69, 9.17) is 14.2 Å². The van der Waals surface area contributed by atoms with Gasteiger partial charge in [0.05, 0.1) is 0 Å². The number of ether oxygens (including phenoxy) is 3. The summed E-state index contributed by atoms with van der Waals surface area (Å²) in [6, 6.07) is 13.4. The molecule has 7 nitrogen and oxygen atoms in total. The molecule has 0 amide bonds. The summed E-state index contributed by atoms with van der Waals surface area (Å²) < 4.78 is 20.2. The lowest BCUT2D eigenvalue weighted by atomic mass is 10.2. The summed E-state index contributed by atoms with van der Waals surface area (Å²) in [7, 11) is 0. The Balaban J connectivity index is 1.20. The molecule has 4 rings (SSSR count). The smallest absolute Gasteiger partial charge is 0.231 e. The van der Waals surface area contributed by atoms with Crippen molar-refractivity contribution in [2.45, 2.75) is 12.6 Å². The highest BCUT2D eigenvalue weighted by Gasteiger charge is 2.13. The van der Waals surface area contributed by atoms with Gasteiger partial charge in [0, 0.05) is 24.0 Å². The molecule has 1 atom stereocenters. The SMILES string of the molecule is O[C@H](CNCc1ccc2c(c1)OCO2)COc1ccc(-c2csnn2)cc1. The van der Waals surface area contributed by atoms with Crippen molar-refractivity contribution in [1.82, 2.24) is 14.9 Å². The summed E-state index contributed by atoms with van der Waals surface area (Å²) in [5, 5.41) is 19.2. The molecule has 0 saturated carbocycles. The maximum Gasteiger partial charge on any atom is 0.231 e. The fourth-order valence-electron chi connectivity index (χ4n) is 2.70. The first-order valence-electron chi connectivity index (χ1n) is 8.55. The molecule has 0 saturated heterocycles. The van der Waals surface area contributed by atoms with Crippen molar-refractivity contribution in [2.75, 3.05) is 19.9 Å². The van der Waals surface area contributed by atoms with E-state index >= 15 is 0 Å². The number of hydrogen-bond donors (Lipinski definition) is 2. The summed E-state index contributed by atoms with van der Waals surface area (Å²) in [6.07, 6.45) is -0.610. The predicted molar refractivity (Wildman–Crippen MR) is 101 cm³/mol. The van der Waals surface area contributed by atoms with Gasteiger partial charge in [-0.2, -0.15) is 0 Å². The van der Waals surface area contributed by atoms with Gasteiger partial charge in [0.1, 0.15) is 24.2 Å². The summed E-state index contributed by atoms with van der Waals surface area (Å²) in [5.74, 6) is 2.23. The van der Waals surface area contributed by atoms with Gasteiger partial charge < -0.3 is 24.6 Å². The summed E-state index contributed by atoms with van der Waals surface area (Å²) in [4.78, 5) is 0. The third-order valence-electron chi connectivity index (χ3n) is 4.10. The molecule has 27 heavy (non-hydrogen) atoms. The summed E-state index contributed by atoms with van der Waals surface area (Å²) in [6.45, 7) is 1.54. The van der Waals surface area contributed by atoms with Crippen LogP contribution in [-0.2, 0) is 6.54 Å². The molecule has 2 N–H and O–H groups in total.